The number of nitrogens with zero attached hydrogens (tertiary/aromatic N) is 5. The summed E-state index contributed by atoms with van der Waals surface area (Å²) in [7, 11) is 3.95. The number of nitrogens with one attached hydrogen (secondary N) is 3. The lowest BCUT2D eigenvalue weighted by Gasteiger charge is -2.35. The van der Waals surface area contributed by atoms with Crippen molar-refractivity contribution in [2.75, 3.05) is 39.1 Å². The van der Waals surface area contributed by atoms with Crippen LogP contribution in [0.4, 0.5) is 10.6 Å². The van der Waals surface area contributed by atoms with Crippen molar-refractivity contribution in [3.05, 3.63) is 36.5 Å². The lowest BCUT2D eigenvalue weighted by molar-refractivity contribution is -0.146. The summed E-state index contributed by atoms with van der Waals surface area (Å²) in [5, 5.41) is 24.5. The second-order valence-corrected chi connectivity index (χ2v) is 18.2. The molecule has 3 aliphatic rings. The molecule has 0 bridgehead atoms. The number of carbonyl (C=O) groups excluding carboxylic acids is 3. The van der Waals surface area contributed by atoms with E-state index in [9.17, 15) is 24.3 Å². The number of rotatable bonds is 16. The fraction of sp³-hybridized carbons (Fsp3) is 0.628. The van der Waals surface area contributed by atoms with Gasteiger partial charge in [0.25, 0.3) is 0 Å². The predicted octanol–water partition coefficient (Wildman–Crippen LogP) is 5.23. The van der Waals surface area contributed by atoms with Crippen molar-refractivity contribution in [2.24, 2.45) is 17.3 Å². The molecule has 3 amide bonds. The van der Waals surface area contributed by atoms with Crippen LogP contribution < -0.4 is 25.4 Å². The van der Waals surface area contributed by atoms with Gasteiger partial charge < -0.3 is 45.1 Å². The number of carboxylic acids is 1. The number of likely N-dealkylation sites (tertiary alicyclic amines) is 1. The summed E-state index contributed by atoms with van der Waals surface area (Å²) in [6, 6.07) is 7.21. The van der Waals surface area contributed by atoms with Gasteiger partial charge in [-0.1, -0.05) is 41.0 Å². The Hall–Kier alpha value is -5.12. The molecule has 2 saturated carbocycles. The highest BCUT2D eigenvalue weighted by Crippen LogP contribution is 2.46. The van der Waals surface area contributed by atoms with E-state index in [4.69, 9.17) is 19.2 Å². The molecule has 3 fully saturated rings. The van der Waals surface area contributed by atoms with E-state index in [1.165, 1.54) is 4.90 Å². The van der Waals surface area contributed by atoms with Crippen molar-refractivity contribution in [1.82, 2.24) is 35.2 Å². The second-order valence-electron chi connectivity index (χ2n) is 18.2. The molecule has 1 aliphatic heterocycles. The van der Waals surface area contributed by atoms with E-state index in [-0.39, 0.29) is 31.0 Å². The van der Waals surface area contributed by atoms with E-state index in [2.05, 4.69) is 28.0 Å². The molecule has 3 aromatic rings. The van der Waals surface area contributed by atoms with Crippen molar-refractivity contribution in [3.63, 3.8) is 0 Å². The molecule has 4 N–H and O–H groups in total. The lowest BCUT2D eigenvalue weighted by Crippen LogP contribution is -2.59. The molecular weight excluding hydrogens is 757 g/mol. The zero-order valence-corrected chi connectivity index (χ0v) is 35.9. The Morgan fingerprint density at radius 1 is 1.07 bits per heavy atom. The summed E-state index contributed by atoms with van der Waals surface area (Å²) in [6.45, 7) is 14.8. The third-order valence-corrected chi connectivity index (χ3v) is 11.6. The molecule has 1 saturated heterocycles. The van der Waals surface area contributed by atoms with E-state index >= 15 is 0 Å². The third kappa shape index (κ3) is 10.2. The number of carboxylic acid groups (broad SMARTS) is 1. The van der Waals surface area contributed by atoms with E-state index in [0.717, 1.165) is 25.8 Å². The number of aromatic nitrogens is 3. The second kappa shape index (κ2) is 17.6. The first-order valence-electron chi connectivity index (χ1n) is 20.9. The molecule has 59 heavy (non-hydrogen) atoms. The average Bonchev–Trinajstić information content (AvgIpc) is 3.47. The Morgan fingerprint density at radius 3 is 2.46 bits per heavy atom. The number of ether oxygens (including phenoxy) is 3. The van der Waals surface area contributed by atoms with Crippen LogP contribution in [-0.2, 0) is 19.1 Å². The lowest BCUT2D eigenvalue weighted by atomic mass is 9.85. The molecule has 1 aromatic carbocycles. The normalized spacial score (nSPS) is 24.6. The van der Waals surface area contributed by atoms with E-state index in [0.29, 0.717) is 59.4 Å². The van der Waals surface area contributed by atoms with Crippen molar-refractivity contribution in [2.45, 2.75) is 123 Å². The number of hydrogen-bond donors (Lipinski definition) is 4. The third-order valence-electron chi connectivity index (χ3n) is 11.6. The summed E-state index contributed by atoms with van der Waals surface area (Å²) >= 11 is 0. The first-order valence-corrected chi connectivity index (χ1v) is 20.9. The zero-order chi connectivity index (χ0) is 42.8. The van der Waals surface area contributed by atoms with Gasteiger partial charge in [-0.25, -0.2) is 19.3 Å². The van der Waals surface area contributed by atoms with E-state index < -0.39 is 53.0 Å². The van der Waals surface area contributed by atoms with E-state index in [1.807, 2.05) is 84.8 Å². The van der Waals surface area contributed by atoms with Gasteiger partial charge in [0.05, 0.1) is 12.1 Å². The van der Waals surface area contributed by atoms with Crippen LogP contribution in [0.2, 0.25) is 0 Å². The topological polar surface area (TPSA) is 189 Å². The summed E-state index contributed by atoms with van der Waals surface area (Å²) in [6.07, 6.45) is 3.60. The molecule has 16 heteroatoms. The molecule has 322 valence electrons. The minimum absolute atomic E-state index is 0.00719. The number of anilines is 1. The fourth-order valence-electron chi connectivity index (χ4n) is 8.17. The van der Waals surface area contributed by atoms with Crippen LogP contribution in [-0.4, -0.2) is 123 Å². The molecule has 5 unspecified atom stereocenters. The van der Waals surface area contributed by atoms with Gasteiger partial charge in [-0.15, -0.1) is 5.10 Å². The molecule has 16 nitrogen and oxygen atoms in total. The molecule has 7 atom stereocenters. The first-order chi connectivity index (χ1) is 27.9. The maximum absolute atomic E-state index is 14.7. The Morgan fingerprint density at radius 2 is 1.83 bits per heavy atom. The highest BCUT2D eigenvalue weighted by molar-refractivity contribution is 5.96. The maximum atomic E-state index is 14.7. The molecule has 2 aliphatic carbocycles. The number of benzene rings is 1. The van der Waals surface area contributed by atoms with Gasteiger partial charge in [0, 0.05) is 48.8 Å². The van der Waals surface area contributed by atoms with Gasteiger partial charge in [0.1, 0.15) is 53.8 Å². The van der Waals surface area contributed by atoms with Gasteiger partial charge in [-0.3, -0.25) is 9.59 Å². The van der Waals surface area contributed by atoms with Crippen LogP contribution in [0.1, 0.15) is 87.0 Å². The highest BCUT2D eigenvalue weighted by Gasteiger charge is 2.61. The van der Waals surface area contributed by atoms with Gasteiger partial charge in [0.2, 0.25) is 11.8 Å². The standard InChI is InChI=1S/C43H62N8O8/c1-10-27-23-43(27,40(54)55)47-38(52)33-21-30(24-50(33)39(53)37(42(5,6)7)46-41(56)59-29-12-11-26(4)19-29)58-34-22-36(51-16-15-35(48-51)44-25(2)3)45-32-20-28(13-14-31(32)34)57-18-17-49(8)9/h13-16,20,22,25-27,29-30,33,37H,10-12,17-19,21,23-24H2,1-9H3,(H,44,48)(H,46,56)(H,47,52)(H,54,55)/t26?,27?,29?,30-,33?,37?,43-/m1/s1. The molecule has 0 spiro atoms. The van der Waals surface area contributed by atoms with Crippen LogP contribution in [0, 0.1) is 17.3 Å². The molecule has 3 heterocycles. The minimum atomic E-state index is -1.40. The smallest absolute Gasteiger partial charge is 0.408 e. The highest BCUT2D eigenvalue weighted by atomic mass is 16.6. The first kappa shape index (κ1) is 43.5. The number of alkyl carbamates (subject to hydrolysis) is 1. The Labute approximate surface area is 346 Å². The van der Waals surface area contributed by atoms with Crippen molar-refractivity contribution in [3.8, 4) is 17.3 Å². The quantitative estimate of drug-likeness (QED) is 0.148. The Kier molecular flexibility index (Phi) is 13.0. The number of amides is 3. The number of likely N-dealkylation sites (N-methyl/N-ethyl adjacent to an activating group) is 1. The summed E-state index contributed by atoms with van der Waals surface area (Å²) in [5.74, 6) is 0.267. The van der Waals surface area contributed by atoms with Crippen molar-refractivity contribution < 1.29 is 38.5 Å². The number of pyridine rings is 1. The van der Waals surface area contributed by atoms with Gasteiger partial charge in [-0.2, -0.15) is 0 Å². The van der Waals surface area contributed by atoms with Crippen LogP contribution in [0.25, 0.3) is 16.7 Å². The van der Waals surface area contributed by atoms with Crippen LogP contribution in [0.5, 0.6) is 11.5 Å². The molecule has 2 aromatic heterocycles. The Bertz CT molecular complexity index is 2010. The number of fused-ring (bicyclic) bond motifs is 1. The number of aliphatic carboxylic acids is 1. The van der Waals surface area contributed by atoms with Gasteiger partial charge >= 0.3 is 12.1 Å². The Balaban J connectivity index is 1.32. The average molecular weight is 819 g/mol. The van der Waals surface area contributed by atoms with Gasteiger partial charge in [0.15, 0.2) is 5.82 Å². The van der Waals surface area contributed by atoms with Crippen LogP contribution in [0.15, 0.2) is 36.5 Å². The number of carbonyl (C=O) groups is 4. The fourth-order valence-corrected chi connectivity index (χ4v) is 8.17. The SMILES string of the molecule is CCC1C[C@]1(NC(=O)C1C[C@@H](Oc2cc(-n3ccc(NC(C)C)n3)nc3cc(OCCN(C)C)ccc23)CN1C(=O)C(NC(=O)OC1CCC(C)C1)C(C)(C)C)C(=O)O. The predicted molar refractivity (Wildman–Crippen MR) is 223 cm³/mol. The molecular formula is C43H62N8O8. The maximum Gasteiger partial charge on any atom is 0.408 e. The largest absolute Gasteiger partial charge is 0.492 e. The van der Waals surface area contributed by atoms with Crippen molar-refractivity contribution >= 4 is 40.6 Å². The number of hydrogen-bond acceptors (Lipinski definition) is 11. The van der Waals surface area contributed by atoms with Crippen molar-refractivity contribution in [1.29, 1.82) is 0 Å². The summed E-state index contributed by atoms with van der Waals surface area (Å²) in [5.41, 5.74) is -1.59. The summed E-state index contributed by atoms with van der Waals surface area (Å²) < 4.78 is 20.2. The molecule has 6 rings (SSSR count). The van der Waals surface area contributed by atoms with Gasteiger partial charge in [-0.05, 0) is 83.0 Å². The van der Waals surface area contributed by atoms with Crippen LogP contribution >= 0.6 is 0 Å². The monoisotopic (exact) mass is 818 g/mol. The zero-order valence-electron chi connectivity index (χ0n) is 35.9. The summed E-state index contributed by atoms with van der Waals surface area (Å²) in [4.78, 5) is 63.1. The van der Waals surface area contributed by atoms with E-state index in [1.54, 1.807) is 16.9 Å². The molecule has 0 radical (unpaired) electrons. The van der Waals surface area contributed by atoms with Crippen LogP contribution in [0.3, 0.4) is 0 Å². The minimum Gasteiger partial charge on any atom is -0.492 e.